The molecule has 19 heavy (non-hydrogen) atoms. The summed E-state index contributed by atoms with van der Waals surface area (Å²) in [4.78, 5) is 0. The van der Waals surface area contributed by atoms with E-state index in [0.717, 1.165) is 36.4 Å². The van der Waals surface area contributed by atoms with Crippen molar-refractivity contribution in [2.45, 2.75) is 32.7 Å². The maximum atomic E-state index is 5.46. The normalized spacial score (nSPS) is 12.0. The summed E-state index contributed by atoms with van der Waals surface area (Å²) in [5, 5.41) is 3.49. The Balaban J connectivity index is 3.07. The quantitative estimate of drug-likeness (QED) is 0.725. The van der Waals surface area contributed by atoms with Crippen molar-refractivity contribution >= 4 is 0 Å². The predicted molar refractivity (Wildman–Crippen MR) is 80.0 cm³/mol. The molecule has 1 atom stereocenters. The van der Waals surface area contributed by atoms with Crippen molar-refractivity contribution in [3.8, 4) is 11.5 Å². The lowest BCUT2D eigenvalue weighted by Crippen LogP contribution is -2.22. The molecule has 1 aromatic rings. The van der Waals surface area contributed by atoms with Crippen LogP contribution >= 0.6 is 0 Å². The van der Waals surface area contributed by atoms with E-state index in [-0.39, 0.29) is 6.04 Å². The van der Waals surface area contributed by atoms with Gasteiger partial charge in [0.25, 0.3) is 0 Å². The van der Waals surface area contributed by atoms with Gasteiger partial charge in [-0.15, -0.1) is 0 Å². The molecule has 0 aliphatic heterocycles. The molecule has 0 radical (unpaired) electrons. The van der Waals surface area contributed by atoms with Crippen LogP contribution in [0.2, 0.25) is 0 Å². The minimum Gasteiger partial charge on any atom is -0.497 e. The van der Waals surface area contributed by atoms with Gasteiger partial charge in [-0.05, 0) is 37.6 Å². The van der Waals surface area contributed by atoms with Crippen LogP contribution in [0.25, 0.3) is 0 Å². The zero-order valence-corrected chi connectivity index (χ0v) is 12.5. The standard InChI is InChI=1S/C16H25NO2/c1-6-12(3)10-15(17-7-2)14-11-13(18-4)8-9-16(14)19-5/h8-9,11,15,17H,3,6-7,10H2,1-2,4-5H3. The molecule has 0 saturated carbocycles. The fourth-order valence-corrected chi connectivity index (χ4v) is 2.08. The van der Waals surface area contributed by atoms with Gasteiger partial charge in [-0.2, -0.15) is 0 Å². The molecule has 0 aliphatic carbocycles. The average molecular weight is 263 g/mol. The zero-order valence-electron chi connectivity index (χ0n) is 12.5. The first-order valence-electron chi connectivity index (χ1n) is 6.78. The highest BCUT2D eigenvalue weighted by molar-refractivity contribution is 5.42. The monoisotopic (exact) mass is 263 g/mol. The van der Waals surface area contributed by atoms with Gasteiger partial charge in [0, 0.05) is 11.6 Å². The average Bonchev–Trinajstić information content (AvgIpc) is 2.45. The Labute approximate surface area is 116 Å². The molecule has 0 heterocycles. The van der Waals surface area contributed by atoms with Crippen molar-refractivity contribution in [3.05, 3.63) is 35.9 Å². The maximum Gasteiger partial charge on any atom is 0.123 e. The van der Waals surface area contributed by atoms with Crippen molar-refractivity contribution in [3.63, 3.8) is 0 Å². The molecule has 3 nitrogen and oxygen atoms in total. The van der Waals surface area contributed by atoms with E-state index in [1.54, 1.807) is 14.2 Å². The summed E-state index contributed by atoms with van der Waals surface area (Å²) in [6.07, 6.45) is 1.90. The number of hydrogen-bond acceptors (Lipinski definition) is 3. The summed E-state index contributed by atoms with van der Waals surface area (Å²) in [5.74, 6) is 1.73. The second-order valence-corrected chi connectivity index (χ2v) is 4.53. The van der Waals surface area contributed by atoms with E-state index in [9.17, 15) is 0 Å². The van der Waals surface area contributed by atoms with Gasteiger partial charge in [-0.1, -0.05) is 26.0 Å². The summed E-state index contributed by atoms with van der Waals surface area (Å²) in [6.45, 7) is 9.25. The molecule has 3 heteroatoms. The third kappa shape index (κ3) is 4.28. The van der Waals surface area contributed by atoms with Crippen LogP contribution in [0.1, 0.15) is 38.3 Å². The number of ether oxygens (including phenoxy) is 2. The number of nitrogens with one attached hydrogen (secondary N) is 1. The molecular weight excluding hydrogens is 238 g/mol. The Morgan fingerprint density at radius 2 is 2.00 bits per heavy atom. The SMILES string of the molecule is C=C(CC)CC(NCC)c1cc(OC)ccc1OC. The molecule has 106 valence electrons. The summed E-state index contributed by atoms with van der Waals surface area (Å²) in [6, 6.07) is 6.12. The molecule has 0 saturated heterocycles. The minimum atomic E-state index is 0.211. The third-order valence-corrected chi connectivity index (χ3v) is 3.26. The van der Waals surface area contributed by atoms with E-state index in [0.29, 0.717) is 0 Å². The Bertz CT molecular complexity index is 415. The number of hydrogen-bond donors (Lipinski definition) is 1. The van der Waals surface area contributed by atoms with Crippen LogP contribution in [0.3, 0.4) is 0 Å². The highest BCUT2D eigenvalue weighted by Gasteiger charge is 2.17. The zero-order chi connectivity index (χ0) is 14.3. The largest absolute Gasteiger partial charge is 0.497 e. The fourth-order valence-electron chi connectivity index (χ4n) is 2.08. The van der Waals surface area contributed by atoms with Crippen LogP contribution in [0.15, 0.2) is 30.4 Å². The number of methoxy groups -OCH3 is 2. The molecule has 0 aliphatic rings. The lowest BCUT2D eigenvalue weighted by molar-refractivity contribution is 0.389. The molecule has 0 amide bonds. The van der Waals surface area contributed by atoms with Crippen molar-refractivity contribution < 1.29 is 9.47 Å². The van der Waals surface area contributed by atoms with Gasteiger partial charge in [-0.25, -0.2) is 0 Å². The summed E-state index contributed by atoms with van der Waals surface area (Å²) < 4.78 is 10.8. The van der Waals surface area contributed by atoms with Gasteiger partial charge in [-0.3, -0.25) is 0 Å². The Morgan fingerprint density at radius 3 is 2.53 bits per heavy atom. The van der Waals surface area contributed by atoms with E-state index < -0.39 is 0 Å². The molecule has 0 fully saturated rings. The van der Waals surface area contributed by atoms with Gasteiger partial charge >= 0.3 is 0 Å². The van der Waals surface area contributed by atoms with Gasteiger partial charge in [0.2, 0.25) is 0 Å². The van der Waals surface area contributed by atoms with Crippen LogP contribution in [0.4, 0.5) is 0 Å². The summed E-state index contributed by atoms with van der Waals surface area (Å²) >= 11 is 0. The van der Waals surface area contributed by atoms with Gasteiger partial charge in [0.1, 0.15) is 11.5 Å². The number of benzene rings is 1. The molecule has 1 unspecified atom stereocenters. The highest BCUT2D eigenvalue weighted by atomic mass is 16.5. The van der Waals surface area contributed by atoms with Crippen LogP contribution in [0.5, 0.6) is 11.5 Å². The molecule has 1 rings (SSSR count). The first kappa shape index (κ1) is 15.6. The molecule has 0 aromatic heterocycles. The topological polar surface area (TPSA) is 30.5 Å². The minimum absolute atomic E-state index is 0.211. The molecule has 1 aromatic carbocycles. The highest BCUT2D eigenvalue weighted by Crippen LogP contribution is 2.32. The lowest BCUT2D eigenvalue weighted by atomic mass is 9.97. The Hall–Kier alpha value is -1.48. The number of rotatable bonds is 8. The molecule has 0 spiro atoms. The first-order valence-corrected chi connectivity index (χ1v) is 6.78. The van der Waals surface area contributed by atoms with Crippen LogP contribution in [-0.4, -0.2) is 20.8 Å². The fraction of sp³-hybridized carbons (Fsp3) is 0.500. The van der Waals surface area contributed by atoms with Gasteiger partial charge in [0.05, 0.1) is 14.2 Å². The molecule has 0 bridgehead atoms. The van der Waals surface area contributed by atoms with E-state index >= 15 is 0 Å². The second-order valence-electron chi connectivity index (χ2n) is 4.53. The van der Waals surface area contributed by atoms with Crippen molar-refractivity contribution in [1.82, 2.24) is 5.32 Å². The smallest absolute Gasteiger partial charge is 0.123 e. The summed E-state index contributed by atoms with van der Waals surface area (Å²) in [5.41, 5.74) is 2.36. The van der Waals surface area contributed by atoms with Crippen molar-refractivity contribution in [2.24, 2.45) is 0 Å². The van der Waals surface area contributed by atoms with Crippen molar-refractivity contribution in [1.29, 1.82) is 0 Å². The van der Waals surface area contributed by atoms with Crippen LogP contribution in [-0.2, 0) is 0 Å². The van der Waals surface area contributed by atoms with Crippen molar-refractivity contribution in [2.75, 3.05) is 20.8 Å². The van der Waals surface area contributed by atoms with Crippen LogP contribution < -0.4 is 14.8 Å². The van der Waals surface area contributed by atoms with Crippen LogP contribution in [0, 0.1) is 0 Å². The Kier molecular flexibility index (Phi) is 6.43. The first-order chi connectivity index (χ1) is 9.15. The second kappa shape index (κ2) is 7.85. The third-order valence-electron chi connectivity index (χ3n) is 3.26. The molecule has 1 N–H and O–H groups in total. The lowest BCUT2D eigenvalue weighted by Gasteiger charge is -2.22. The van der Waals surface area contributed by atoms with Gasteiger partial charge < -0.3 is 14.8 Å². The van der Waals surface area contributed by atoms with E-state index in [1.165, 1.54) is 5.57 Å². The maximum absolute atomic E-state index is 5.46. The van der Waals surface area contributed by atoms with Gasteiger partial charge in [0.15, 0.2) is 0 Å². The summed E-state index contributed by atoms with van der Waals surface area (Å²) in [7, 11) is 3.38. The van der Waals surface area contributed by atoms with E-state index in [2.05, 4.69) is 25.7 Å². The molecular formula is C16H25NO2. The Morgan fingerprint density at radius 1 is 1.26 bits per heavy atom. The van der Waals surface area contributed by atoms with E-state index in [1.807, 2.05) is 18.2 Å². The predicted octanol–water partition coefficient (Wildman–Crippen LogP) is 3.71. The van der Waals surface area contributed by atoms with E-state index in [4.69, 9.17) is 9.47 Å².